The number of halogens is 1. The molecule has 3 heteroatoms. The molecule has 0 aliphatic carbocycles. The van der Waals surface area contributed by atoms with Crippen molar-refractivity contribution in [1.29, 1.82) is 5.26 Å². The van der Waals surface area contributed by atoms with Gasteiger partial charge < -0.3 is 0 Å². The van der Waals surface area contributed by atoms with Crippen molar-refractivity contribution < 1.29 is 4.39 Å². The van der Waals surface area contributed by atoms with Gasteiger partial charge >= 0.3 is 0 Å². The van der Waals surface area contributed by atoms with Gasteiger partial charge in [-0.3, -0.25) is 0 Å². The minimum atomic E-state index is -0.354. The van der Waals surface area contributed by atoms with Crippen LogP contribution in [0.15, 0.2) is 41.3 Å². The van der Waals surface area contributed by atoms with Crippen LogP contribution in [-0.2, 0) is 5.75 Å². The first-order chi connectivity index (χ1) is 9.22. The number of hydrogen-bond acceptors (Lipinski definition) is 2. The summed E-state index contributed by atoms with van der Waals surface area (Å²) < 4.78 is 14.3. The van der Waals surface area contributed by atoms with Gasteiger partial charge in [-0.2, -0.15) is 5.26 Å². The van der Waals surface area contributed by atoms with Gasteiger partial charge in [0.2, 0.25) is 0 Å². The Balaban J connectivity index is 2.21. The summed E-state index contributed by atoms with van der Waals surface area (Å²) >= 11 is 1.64. The molecule has 0 N–H and O–H groups in total. The van der Waals surface area contributed by atoms with Crippen LogP contribution in [0.1, 0.15) is 35.1 Å². The lowest BCUT2D eigenvalue weighted by Gasteiger charge is -2.15. The van der Waals surface area contributed by atoms with Crippen LogP contribution < -0.4 is 0 Å². The van der Waals surface area contributed by atoms with Crippen LogP contribution in [0.25, 0.3) is 0 Å². The smallest absolute Gasteiger partial charge is 0.145 e. The number of rotatable bonds is 0. The molecular formula is C16H12FNS. The van der Waals surface area contributed by atoms with Gasteiger partial charge in [0.05, 0.1) is 5.56 Å². The van der Waals surface area contributed by atoms with Crippen LogP contribution in [-0.4, -0.2) is 0 Å². The summed E-state index contributed by atoms with van der Waals surface area (Å²) in [4.78, 5) is 1.20. The van der Waals surface area contributed by atoms with E-state index in [0.29, 0.717) is 11.3 Å². The Morgan fingerprint density at radius 1 is 1.21 bits per heavy atom. The first kappa shape index (κ1) is 12.3. The highest BCUT2D eigenvalue weighted by Crippen LogP contribution is 2.41. The molecule has 0 saturated heterocycles. The SMILES string of the molecule is C[C@H]1c2ccccc2SCc2c1ccc(C#N)c2F. The fourth-order valence-electron chi connectivity index (χ4n) is 2.56. The summed E-state index contributed by atoms with van der Waals surface area (Å²) in [5, 5.41) is 8.93. The Hall–Kier alpha value is -1.79. The summed E-state index contributed by atoms with van der Waals surface area (Å²) in [6.07, 6.45) is 0. The lowest BCUT2D eigenvalue weighted by atomic mass is 9.89. The molecule has 0 aromatic heterocycles. The van der Waals surface area contributed by atoms with Crippen molar-refractivity contribution in [2.75, 3.05) is 0 Å². The first-order valence-corrected chi connectivity index (χ1v) is 7.14. The third-order valence-electron chi connectivity index (χ3n) is 3.62. The van der Waals surface area contributed by atoms with Gasteiger partial charge in [0.15, 0.2) is 0 Å². The van der Waals surface area contributed by atoms with Gasteiger partial charge in [-0.25, -0.2) is 4.39 Å². The molecular weight excluding hydrogens is 257 g/mol. The molecule has 1 aliphatic heterocycles. The molecule has 1 nitrogen and oxygen atoms in total. The summed E-state index contributed by atoms with van der Waals surface area (Å²) in [6, 6.07) is 13.6. The van der Waals surface area contributed by atoms with E-state index in [9.17, 15) is 4.39 Å². The number of thioether (sulfide) groups is 1. The zero-order valence-corrected chi connectivity index (χ0v) is 11.3. The number of fused-ring (bicyclic) bond motifs is 2. The third-order valence-corrected chi connectivity index (χ3v) is 4.74. The highest BCUT2D eigenvalue weighted by atomic mass is 32.2. The van der Waals surface area contributed by atoms with Crippen LogP contribution in [0, 0.1) is 17.1 Å². The Morgan fingerprint density at radius 2 is 2.00 bits per heavy atom. The van der Waals surface area contributed by atoms with Crippen molar-refractivity contribution in [3.05, 3.63) is 64.5 Å². The van der Waals surface area contributed by atoms with Crippen molar-refractivity contribution >= 4 is 11.8 Å². The lowest BCUT2D eigenvalue weighted by molar-refractivity contribution is 0.609. The monoisotopic (exact) mass is 269 g/mol. The Labute approximate surface area is 116 Å². The van der Waals surface area contributed by atoms with Gasteiger partial charge in [-0.05, 0) is 23.3 Å². The van der Waals surface area contributed by atoms with E-state index in [2.05, 4.69) is 19.1 Å². The van der Waals surface area contributed by atoms with Gasteiger partial charge in [-0.15, -0.1) is 11.8 Å². The third kappa shape index (κ3) is 1.93. The molecule has 2 aromatic carbocycles. The maximum absolute atomic E-state index is 14.3. The topological polar surface area (TPSA) is 23.8 Å². The predicted octanol–water partition coefficient (Wildman–Crippen LogP) is 4.45. The second-order valence-electron chi connectivity index (χ2n) is 4.65. The number of nitriles is 1. The van der Waals surface area contributed by atoms with Crippen molar-refractivity contribution in [3.63, 3.8) is 0 Å². The first-order valence-electron chi connectivity index (χ1n) is 6.15. The van der Waals surface area contributed by atoms with Crippen molar-refractivity contribution in [2.24, 2.45) is 0 Å². The minimum absolute atomic E-state index is 0.137. The van der Waals surface area contributed by atoms with Gasteiger partial charge in [0.25, 0.3) is 0 Å². The molecule has 0 amide bonds. The van der Waals surface area contributed by atoms with E-state index in [1.807, 2.05) is 24.3 Å². The van der Waals surface area contributed by atoms with Crippen molar-refractivity contribution in [2.45, 2.75) is 23.5 Å². The highest BCUT2D eigenvalue weighted by Gasteiger charge is 2.23. The second-order valence-corrected chi connectivity index (χ2v) is 5.67. The molecule has 2 aromatic rings. The molecule has 94 valence electrons. The predicted molar refractivity (Wildman–Crippen MR) is 74.6 cm³/mol. The molecule has 0 spiro atoms. The number of benzene rings is 2. The van der Waals surface area contributed by atoms with E-state index < -0.39 is 0 Å². The van der Waals surface area contributed by atoms with E-state index >= 15 is 0 Å². The average molecular weight is 269 g/mol. The largest absolute Gasteiger partial charge is 0.205 e. The van der Waals surface area contributed by atoms with Gasteiger partial charge in [0, 0.05) is 22.1 Å². The maximum atomic E-state index is 14.3. The van der Waals surface area contributed by atoms with E-state index in [0.717, 1.165) is 5.56 Å². The summed E-state index contributed by atoms with van der Waals surface area (Å²) in [5.41, 5.74) is 3.04. The molecule has 0 unspecified atom stereocenters. The van der Waals surface area contributed by atoms with Crippen LogP contribution >= 0.6 is 11.8 Å². The van der Waals surface area contributed by atoms with Crippen LogP contribution in [0.4, 0.5) is 4.39 Å². The van der Waals surface area contributed by atoms with Gasteiger partial charge in [0.1, 0.15) is 11.9 Å². The maximum Gasteiger partial charge on any atom is 0.145 e. The van der Waals surface area contributed by atoms with E-state index in [-0.39, 0.29) is 17.3 Å². The Bertz CT molecular complexity index is 688. The molecule has 19 heavy (non-hydrogen) atoms. The molecule has 0 bridgehead atoms. The number of nitrogens with zero attached hydrogens (tertiary/aromatic N) is 1. The molecule has 1 aliphatic rings. The lowest BCUT2D eigenvalue weighted by Crippen LogP contribution is -2.02. The molecule has 1 atom stereocenters. The molecule has 0 saturated carbocycles. The molecule has 3 rings (SSSR count). The quantitative estimate of drug-likeness (QED) is 0.705. The van der Waals surface area contributed by atoms with Crippen LogP contribution in [0.3, 0.4) is 0 Å². The fourth-order valence-corrected chi connectivity index (χ4v) is 3.74. The van der Waals surface area contributed by atoms with E-state index in [4.69, 9.17) is 5.26 Å². The zero-order valence-electron chi connectivity index (χ0n) is 10.5. The number of hydrogen-bond donors (Lipinski definition) is 0. The van der Waals surface area contributed by atoms with Crippen molar-refractivity contribution in [3.8, 4) is 6.07 Å². The molecule has 0 fully saturated rings. The molecule has 1 heterocycles. The van der Waals surface area contributed by atoms with Gasteiger partial charge in [-0.1, -0.05) is 31.2 Å². The average Bonchev–Trinajstić information content (AvgIpc) is 2.58. The summed E-state index contributed by atoms with van der Waals surface area (Å²) in [5.74, 6) is 0.383. The normalized spacial score (nSPS) is 17.0. The molecule has 0 radical (unpaired) electrons. The van der Waals surface area contributed by atoms with Crippen LogP contribution in [0.2, 0.25) is 0 Å². The fraction of sp³-hybridized carbons (Fsp3) is 0.188. The Morgan fingerprint density at radius 3 is 2.79 bits per heavy atom. The van der Waals surface area contributed by atoms with Crippen molar-refractivity contribution in [1.82, 2.24) is 0 Å². The summed E-state index contributed by atoms with van der Waals surface area (Å²) in [7, 11) is 0. The minimum Gasteiger partial charge on any atom is -0.205 e. The zero-order chi connectivity index (χ0) is 13.4. The Kier molecular flexibility index (Phi) is 3.04. The summed E-state index contributed by atoms with van der Waals surface area (Å²) in [6.45, 7) is 2.09. The highest BCUT2D eigenvalue weighted by molar-refractivity contribution is 7.98. The van der Waals surface area contributed by atoms with Crippen LogP contribution in [0.5, 0.6) is 0 Å². The second kappa shape index (κ2) is 4.71. The standard InChI is InChI=1S/C16H12FNS/c1-10-12-7-6-11(8-18)16(17)14(12)9-19-15-5-3-2-4-13(10)15/h2-7,10H,9H2,1H3/t10-/m1/s1. The van der Waals surface area contributed by atoms with E-state index in [1.165, 1.54) is 10.5 Å². The van der Waals surface area contributed by atoms with E-state index in [1.54, 1.807) is 17.8 Å².